The molecule has 6 heteroatoms. The minimum absolute atomic E-state index is 0. The normalized spacial score (nSPS) is 17.3. The SMILES string of the molecule is Cc1c(Cc2ccccc2)c(N2CCN(C3CCCCC3)CC2)n2c(nc3ccccc32)c1C#N.O. The van der Waals surface area contributed by atoms with E-state index in [0.29, 0.717) is 5.56 Å². The molecule has 6 rings (SSSR count). The summed E-state index contributed by atoms with van der Waals surface area (Å²) >= 11 is 0. The fourth-order valence-electron chi connectivity index (χ4n) is 6.25. The molecule has 0 spiro atoms. The fourth-order valence-corrected chi connectivity index (χ4v) is 6.25. The van der Waals surface area contributed by atoms with Crippen molar-refractivity contribution in [2.75, 3.05) is 31.1 Å². The van der Waals surface area contributed by atoms with Crippen LogP contribution in [0.25, 0.3) is 16.7 Å². The molecule has 4 aromatic rings. The molecule has 2 N–H and O–H groups in total. The molecule has 0 bridgehead atoms. The van der Waals surface area contributed by atoms with Crippen LogP contribution >= 0.6 is 0 Å². The largest absolute Gasteiger partial charge is 0.412 e. The number of rotatable bonds is 4. The highest BCUT2D eigenvalue weighted by Gasteiger charge is 2.29. The van der Waals surface area contributed by atoms with E-state index < -0.39 is 0 Å². The lowest BCUT2D eigenvalue weighted by molar-refractivity contribution is 0.147. The molecule has 1 aliphatic carbocycles. The number of anilines is 1. The summed E-state index contributed by atoms with van der Waals surface area (Å²) in [6.45, 7) is 6.32. The quantitative estimate of drug-likeness (QED) is 0.416. The maximum absolute atomic E-state index is 10.2. The van der Waals surface area contributed by atoms with E-state index >= 15 is 0 Å². The molecule has 0 radical (unpaired) electrons. The first-order valence-electron chi connectivity index (χ1n) is 13.1. The Morgan fingerprint density at radius 2 is 1.61 bits per heavy atom. The summed E-state index contributed by atoms with van der Waals surface area (Å²) < 4.78 is 2.27. The van der Waals surface area contributed by atoms with Crippen molar-refractivity contribution in [2.24, 2.45) is 0 Å². The highest BCUT2D eigenvalue weighted by molar-refractivity contribution is 5.86. The van der Waals surface area contributed by atoms with E-state index in [0.717, 1.165) is 60.9 Å². The molecule has 2 fully saturated rings. The molecule has 2 aromatic heterocycles. The van der Waals surface area contributed by atoms with Crippen molar-refractivity contribution in [1.82, 2.24) is 14.3 Å². The summed E-state index contributed by atoms with van der Waals surface area (Å²) in [6, 6.07) is 22.2. The third-order valence-corrected chi connectivity index (χ3v) is 8.13. The van der Waals surface area contributed by atoms with Gasteiger partial charge in [0, 0.05) is 44.2 Å². The van der Waals surface area contributed by atoms with Gasteiger partial charge in [0.25, 0.3) is 0 Å². The number of nitrogens with zero attached hydrogens (tertiary/aromatic N) is 5. The van der Waals surface area contributed by atoms with Gasteiger partial charge in [-0.1, -0.05) is 61.7 Å². The first-order chi connectivity index (χ1) is 17.2. The average molecular weight is 482 g/mol. The minimum Gasteiger partial charge on any atom is -0.412 e. The molecule has 2 aromatic carbocycles. The van der Waals surface area contributed by atoms with Crippen molar-refractivity contribution in [2.45, 2.75) is 51.5 Å². The first-order valence-corrected chi connectivity index (χ1v) is 13.1. The molecule has 1 saturated carbocycles. The van der Waals surface area contributed by atoms with Crippen molar-refractivity contribution >= 4 is 22.5 Å². The van der Waals surface area contributed by atoms with Crippen LogP contribution in [0.2, 0.25) is 0 Å². The lowest BCUT2D eigenvalue weighted by Crippen LogP contribution is -2.51. The van der Waals surface area contributed by atoms with E-state index in [1.807, 2.05) is 6.07 Å². The predicted molar refractivity (Wildman–Crippen MR) is 146 cm³/mol. The zero-order chi connectivity index (χ0) is 23.8. The second-order valence-corrected chi connectivity index (χ2v) is 10.2. The van der Waals surface area contributed by atoms with Crippen LogP contribution < -0.4 is 4.90 Å². The maximum atomic E-state index is 10.2. The molecule has 6 nitrogen and oxygen atoms in total. The number of pyridine rings is 1. The van der Waals surface area contributed by atoms with Crippen LogP contribution in [0.3, 0.4) is 0 Å². The molecule has 1 saturated heterocycles. The number of hydrogen-bond donors (Lipinski definition) is 0. The standard InChI is InChI=1S/C30H33N5.H2O/c1-22-25(20-23-10-4-2-5-11-23)30(34-18-16-33(17-19-34)24-12-6-3-7-13-24)35-28-15-9-8-14-27(28)32-29(35)26(22)21-31;/h2,4-5,8-11,14-15,24H,3,6-7,12-13,16-20H2,1H3;1H2. The van der Waals surface area contributed by atoms with Gasteiger partial charge in [0.2, 0.25) is 0 Å². The Morgan fingerprint density at radius 1 is 0.917 bits per heavy atom. The van der Waals surface area contributed by atoms with Gasteiger partial charge in [-0.15, -0.1) is 0 Å². The second kappa shape index (κ2) is 10.3. The Labute approximate surface area is 213 Å². The van der Waals surface area contributed by atoms with Gasteiger partial charge in [0.1, 0.15) is 11.9 Å². The zero-order valence-corrected chi connectivity index (χ0v) is 21.1. The van der Waals surface area contributed by atoms with Crippen molar-refractivity contribution in [3.05, 3.63) is 76.9 Å². The number of imidazole rings is 1. The second-order valence-electron chi connectivity index (χ2n) is 10.2. The van der Waals surface area contributed by atoms with Gasteiger partial charge in [-0.2, -0.15) is 5.26 Å². The Hall–Kier alpha value is -3.40. The third-order valence-electron chi connectivity index (χ3n) is 8.13. The Kier molecular flexibility index (Phi) is 6.95. The third kappa shape index (κ3) is 4.23. The number of piperazine rings is 1. The predicted octanol–water partition coefficient (Wildman–Crippen LogP) is 4.89. The fraction of sp³-hybridized carbons (Fsp3) is 0.400. The van der Waals surface area contributed by atoms with E-state index in [1.165, 1.54) is 49.0 Å². The maximum Gasteiger partial charge on any atom is 0.157 e. The zero-order valence-electron chi connectivity index (χ0n) is 21.1. The van der Waals surface area contributed by atoms with Gasteiger partial charge >= 0.3 is 0 Å². The molecule has 3 heterocycles. The molecule has 0 amide bonds. The summed E-state index contributed by atoms with van der Waals surface area (Å²) in [5.74, 6) is 1.22. The van der Waals surface area contributed by atoms with Gasteiger partial charge in [-0.3, -0.25) is 9.30 Å². The van der Waals surface area contributed by atoms with Gasteiger partial charge in [0.15, 0.2) is 5.65 Å². The van der Waals surface area contributed by atoms with Crippen LogP contribution in [-0.2, 0) is 6.42 Å². The molecule has 2 aliphatic rings. The van der Waals surface area contributed by atoms with Crippen molar-refractivity contribution in [3.8, 4) is 6.07 Å². The summed E-state index contributed by atoms with van der Waals surface area (Å²) in [5.41, 5.74) is 7.08. The topological polar surface area (TPSA) is 79.1 Å². The van der Waals surface area contributed by atoms with E-state index in [2.05, 4.69) is 75.7 Å². The van der Waals surface area contributed by atoms with Gasteiger partial charge in [-0.25, -0.2) is 4.98 Å². The number of benzene rings is 2. The first kappa shape index (κ1) is 24.3. The molecule has 0 atom stereocenters. The molecular weight excluding hydrogens is 446 g/mol. The highest BCUT2D eigenvalue weighted by Crippen LogP contribution is 2.35. The number of fused-ring (bicyclic) bond motifs is 3. The summed E-state index contributed by atoms with van der Waals surface area (Å²) in [6.07, 6.45) is 7.67. The van der Waals surface area contributed by atoms with E-state index in [1.54, 1.807) is 0 Å². The minimum atomic E-state index is 0. The Morgan fingerprint density at radius 3 is 2.33 bits per heavy atom. The highest BCUT2D eigenvalue weighted by atomic mass is 16.0. The molecular formula is C30H35N5O. The van der Waals surface area contributed by atoms with Crippen LogP contribution in [0, 0.1) is 18.3 Å². The monoisotopic (exact) mass is 481 g/mol. The van der Waals surface area contributed by atoms with Crippen LogP contribution in [0.4, 0.5) is 5.82 Å². The van der Waals surface area contributed by atoms with Gasteiger partial charge in [-0.05, 0) is 43.0 Å². The molecule has 0 unspecified atom stereocenters. The van der Waals surface area contributed by atoms with Crippen molar-refractivity contribution < 1.29 is 5.48 Å². The summed E-state index contributed by atoms with van der Waals surface area (Å²) in [5, 5.41) is 10.2. The lowest BCUT2D eigenvalue weighted by atomic mass is 9.93. The lowest BCUT2D eigenvalue weighted by Gasteiger charge is -2.42. The van der Waals surface area contributed by atoms with Crippen molar-refractivity contribution in [1.29, 1.82) is 5.26 Å². The van der Waals surface area contributed by atoms with Crippen LogP contribution in [0.1, 0.15) is 54.4 Å². The van der Waals surface area contributed by atoms with E-state index in [9.17, 15) is 5.26 Å². The summed E-state index contributed by atoms with van der Waals surface area (Å²) in [7, 11) is 0. The average Bonchev–Trinajstić information content (AvgIpc) is 3.29. The van der Waals surface area contributed by atoms with E-state index in [-0.39, 0.29) is 5.48 Å². The van der Waals surface area contributed by atoms with Gasteiger partial charge in [0.05, 0.1) is 16.6 Å². The molecule has 1 aliphatic heterocycles. The van der Waals surface area contributed by atoms with Crippen LogP contribution in [-0.4, -0.2) is 52.0 Å². The number of nitriles is 1. The van der Waals surface area contributed by atoms with Crippen LogP contribution in [0.5, 0.6) is 0 Å². The number of para-hydroxylation sites is 2. The van der Waals surface area contributed by atoms with Crippen molar-refractivity contribution in [3.63, 3.8) is 0 Å². The number of aromatic nitrogens is 2. The Balaban J connectivity index is 0.00000267. The summed E-state index contributed by atoms with van der Waals surface area (Å²) in [4.78, 5) is 10.2. The van der Waals surface area contributed by atoms with E-state index in [4.69, 9.17) is 4.98 Å². The molecule has 186 valence electrons. The van der Waals surface area contributed by atoms with Crippen LogP contribution in [0.15, 0.2) is 54.6 Å². The number of hydrogen-bond acceptors (Lipinski definition) is 4. The molecule has 36 heavy (non-hydrogen) atoms. The smallest absolute Gasteiger partial charge is 0.157 e. The Bertz CT molecular complexity index is 1390. The van der Waals surface area contributed by atoms with Gasteiger partial charge < -0.3 is 10.4 Å².